The van der Waals surface area contributed by atoms with E-state index in [4.69, 9.17) is 22.9 Å². The summed E-state index contributed by atoms with van der Waals surface area (Å²) in [7, 11) is 0. The van der Waals surface area contributed by atoms with Gasteiger partial charge >= 0.3 is 17.9 Å². The number of para-hydroxylation sites is 1. The maximum Gasteiger partial charge on any atom is 0.317 e. The van der Waals surface area contributed by atoms with Gasteiger partial charge in [0.25, 0.3) is 5.91 Å². The number of benzene rings is 3. The molecule has 5 aromatic rings. The number of rotatable bonds is 40. The molecular weight excluding hydrogens is 1450 g/mol. The fourth-order valence-corrected chi connectivity index (χ4v) is 12.6. The first kappa shape index (κ1) is 87.5. The van der Waals surface area contributed by atoms with E-state index in [1.54, 1.807) is 68.4 Å². The summed E-state index contributed by atoms with van der Waals surface area (Å²) >= 11 is 1.43. The number of fused-ring (bicyclic) bond motifs is 1. The van der Waals surface area contributed by atoms with E-state index in [-0.39, 0.29) is 82.9 Å². The number of aromatic amines is 2. The standard InChI is InChI=1S/C71H98N20O18S/c1-41(2)62(69(107)78-35-56(93)82-54(30-47-34-76-40-79-47)68(106)84-52(28-43-10-6-5-7-11-43)67(105)83-50(64(75)102)18-27-110-4)86-65(103)42(3)80-66(104)53(29-45-33-77-49-13-9-8-12-48(45)49)85-70(108)63(91(58(95)32-72)71(109)44-14-16-46(73)17-15-44)51(31-55(74)92)81-57(94)36-87-19-21-88(37-59(96)97)23-25-90(39-61(100)101)26-24-89(22-20-87)38-60(98)99/h5-17,33-34,40-42,50-54,62-63,77H,18-32,35-39,72-73H2,1-4H3,(H2,74,92)(H2,75,102)(H,76,79)(H,78,107)(H,80,104)(H,81,94)(H,82,93)(H,83,105)(H,84,106)(H,85,108)(H,86,103)(H,96,97)(H,98,99)(H,100,101)/t42-,50-,51+,52-,53-,54-,62-,63-/m0/s1. The topological polar surface area (TPSA) is 578 Å². The molecule has 38 nitrogen and oxygen atoms in total. The molecule has 21 N–H and O–H groups in total. The number of carboxylic acid groups (broad SMARTS) is 3. The van der Waals surface area contributed by atoms with Crippen molar-refractivity contribution in [3.63, 3.8) is 0 Å². The van der Waals surface area contributed by atoms with Crippen LogP contribution in [0.25, 0.3) is 10.9 Å². The number of carbonyl (C=O) groups is 15. The van der Waals surface area contributed by atoms with Crippen LogP contribution in [0.4, 0.5) is 5.69 Å². The molecule has 596 valence electrons. The fraction of sp³-hybridized carbons (Fsp3) is 0.465. The van der Waals surface area contributed by atoms with Crippen LogP contribution in [0, 0.1) is 5.92 Å². The number of hydrogen-bond acceptors (Lipinski definition) is 23. The number of H-pyrrole nitrogens is 2. The predicted molar refractivity (Wildman–Crippen MR) is 401 cm³/mol. The summed E-state index contributed by atoms with van der Waals surface area (Å²) in [6, 6.07) is 7.77. The van der Waals surface area contributed by atoms with Gasteiger partial charge in [0.2, 0.25) is 65.0 Å². The van der Waals surface area contributed by atoms with Crippen molar-refractivity contribution in [1.82, 2.24) is 82.0 Å². The number of thioether (sulfide) groups is 1. The van der Waals surface area contributed by atoms with Crippen LogP contribution in [-0.2, 0) is 86.4 Å². The van der Waals surface area contributed by atoms with Crippen LogP contribution in [0.2, 0.25) is 0 Å². The van der Waals surface area contributed by atoms with Crippen LogP contribution in [0.5, 0.6) is 0 Å². The van der Waals surface area contributed by atoms with Gasteiger partial charge in [-0.3, -0.25) is 96.4 Å². The van der Waals surface area contributed by atoms with Crippen LogP contribution in [0.1, 0.15) is 60.8 Å². The first-order valence-corrected chi connectivity index (χ1v) is 36.7. The van der Waals surface area contributed by atoms with Crippen LogP contribution < -0.4 is 65.5 Å². The number of nitrogens with zero attached hydrogens (tertiary/aromatic N) is 6. The molecule has 6 rings (SSSR count). The minimum atomic E-state index is -2.32. The van der Waals surface area contributed by atoms with E-state index >= 15 is 9.59 Å². The van der Waals surface area contributed by atoms with Crippen molar-refractivity contribution < 1.29 is 87.2 Å². The number of aromatic nitrogens is 3. The number of imidazole rings is 1. The number of hydrogen-bond donors (Lipinski definition) is 17. The second-order valence-corrected chi connectivity index (χ2v) is 27.6. The minimum Gasteiger partial charge on any atom is -0.480 e. The Morgan fingerprint density at radius 3 is 1.63 bits per heavy atom. The van der Waals surface area contributed by atoms with Crippen molar-refractivity contribution in [2.75, 3.05) is 109 Å². The molecular formula is C71H98N20O18S. The lowest BCUT2D eigenvalue weighted by Gasteiger charge is -2.36. The molecule has 0 aliphatic carbocycles. The van der Waals surface area contributed by atoms with E-state index in [0.717, 1.165) is 0 Å². The molecule has 0 bridgehead atoms. The number of aliphatic carboxylic acids is 3. The zero-order chi connectivity index (χ0) is 80.7. The van der Waals surface area contributed by atoms with Gasteiger partial charge < -0.3 is 90.8 Å². The highest BCUT2D eigenvalue weighted by Gasteiger charge is 2.44. The van der Waals surface area contributed by atoms with Gasteiger partial charge in [0, 0.05) is 113 Å². The molecule has 3 heterocycles. The van der Waals surface area contributed by atoms with E-state index < -0.39 is 195 Å². The van der Waals surface area contributed by atoms with Gasteiger partial charge in [-0.2, -0.15) is 11.8 Å². The monoisotopic (exact) mass is 1550 g/mol. The van der Waals surface area contributed by atoms with Gasteiger partial charge in [0.15, 0.2) is 0 Å². The zero-order valence-corrected chi connectivity index (χ0v) is 62.3. The van der Waals surface area contributed by atoms with Gasteiger partial charge in [-0.15, -0.1) is 0 Å². The third-order valence-electron chi connectivity index (χ3n) is 17.8. The highest BCUT2D eigenvalue weighted by atomic mass is 32.2. The third-order valence-corrected chi connectivity index (χ3v) is 18.5. The Bertz CT molecular complexity index is 3990. The number of anilines is 1. The molecule has 2 aromatic heterocycles. The second kappa shape index (κ2) is 43.6. The third kappa shape index (κ3) is 28.3. The van der Waals surface area contributed by atoms with Crippen molar-refractivity contribution in [1.29, 1.82) is 0 Å². The molecule has 39 heteroatoms. The number of nitrogens with two attached hydrogens (primary N) is 4. The van der Waals surface area contributed by atoms with Crippen LogP contribution >= 0.6 is 11.8 Å². The molecule has 0 spiro atoms. The van der Waals surface area contributed by atoms with Gasteiger partial charge in [-0.05, 0) is 72.7 Å². The molecule has 1 saturated heterocycles. The lowest BCUT2D eigenvalue weighted by atomic mass is 9.97. The lowest BCUT2D eigenvalue weighted by molar-refractivity contribution is -0.141. The smallest absolute Gasteiger partial charge is 0.317 e. The van der Waals surface area contributed by atoms with E-state index in [9.17, 15) is 77.6 Å². The van der Waals surface area contributed by atoms with E-state index in [1.165, 1.54) is 81.3 Å². The molecule has 0 saturated carbocycles. The molecule has 12 amide bonds. The van der Waals surface area contributed by atoms with Crippen molar-refractivity contribution in [3.05, 3.63) is 120 Å². The fourth-order valence-electron chi connectivity index (χ4n) is 12.1. The second-order valence-electron chi connectivity index (χ2n) is 26.7. The summed E-state index contributed by atoms with van der Waals surface area (Å²) in [6.45, 7) is 0.554. The van der Waals surface area contributed by atoms with E-state index in [1.807, 2.05) is 6.26 Å². The molecule has 110 heavy (non-hydrogen) atoms. The van der Waals surface area contributed by atoms with Crippen molar-refractivity contribution in [2.24, 2.45) is 23.1 Å². The average molecular weight is 1550 g/mol. The Kier molecular flexibility index (Phi) is 34.7. The Balaban J connectivity index is 1.26. The Hall–Kier alpha value is -11.4. The van der Waals surface area contributed by atoms with Gasteiger partial charge in [-0.25, -0.2) is 4.98 Å². The van der Waals surface area contributed by atoms with Gasteiger partial charge in [0.1, 0.15) is 42.3 Å². The number of carboxylic acids is 3. The molecule has 1 fully saturated rings. The summed E-state index contributed by atoms with van der Waals surface area (Å²) in [5.41, 5.74) is 25.3. The largest absolute Gasteiger partial charge is 0.480 e. The Labute approximate surface area is 637 Å². The summed E-state index contributed by atoms with van der Waals surface area (Å²) in [4.78, 5) is 223. The Morgan fingerprint density at radius 1 is 0.573 bits per heavy atom. The summed E-state index contributed by atoms with van der Waals surface area (Å²) < 4.78 is 0. The number of amides is 12. The molecule has 1 aliphatic rings. The number of primary amides is 2. The maximum absolute atomic E-state index is 15.7. The number of nitrogens with one attached hydrogen (secondary N) is 10. The van der Waals surface area contributed by atoms with Crippen molar-refractivity contribution >= 4 is 117 Å². The van der Waals surface area contributed by atoms with E-state index in [0.29, 0.717) is 38.4 Å². The molecule has 0 unspecified atom stereocenters. The average Bonchev–Trinajstić information content (AvgIpc) is 1.25. The number of carbonyl (C=O) groups excluding carboxylic acids is 12. The molecule has 8 atom stereocenters. The van der Waals surface area contributed by atoms with Gasteiger partial charge in [-0.1, -0.05) is 62.4 Å². The zero-order valence-electron chi connectivity index (χ0n) is 61.4. The first-order chi connectivity index (χ1) is 52.3. The van der Waals surface area contributed by atoms with Gasteiger partial charge in [0.05, 0.1) is 57.3 Å². The first-order valence-electron chi connectivity index (χ1n) is 35.3. The van der Waals surface area contributed by atoms with Crippen LogP contribution in [0.15, 0.2) is 97.6 Å². The summed E-state index contributed by atoms with van der Waals surface area (Å²) in [5.74, 6) is -16.0. The molecule has 3 aromatic carbocycles. The quantitative estimate of drug-likeness (QED) is 0.0164. The summed E-state index contributed by atoms with van der Waals surface area (Å²) in [5, 5.41) is 50.5. The normalized spacial score (nSPS) is 15.5. The van der Waals surface area contributed by atoms with Crippen molar-refractivity contribution in [3.8, 4) is 0 Å². The Morgan fingerprint density at radius 2 is 1.10 bits per heavy atom. The predicted octanol–water partition coefficient (Wildman–Crippen LogP) is -4.73. The summed E-state index contributed by atoms with van der Waals surface area (Å²) in [6.07, 6.45) is 4.74. The maximum atomic E-state index is 15.7. The number of imide groups is 1. The molecule has 1 aliphatic heterocycles. The highest BCUT2D eigenvalue weighted by molar-refractivity contribution is 7.98. The van der Waals surface area contributed by atoms with Crippen LogP contribution in [-0.4, -0.2) is 296 Å². The highest BCUT2D eigenvalue weighted by Crippen LogP contribution is 2.22. The lowest BCUT2D eigenvalue weighted by Crippen LogP contribution is -2.65. The van der Waals surface area contributed by atoms with Crippen LogP contribution in [0.3, 0.4) is 0 Å². The molecule has 0 radical (unpaired) electrons. The SMILES string of the molecule is CSCC[C@H](NC(=O)[C@H](Cc1ccccc1)NC(=O)[C@H](Cc1c[nH]cn1)NC(=O)CNC(=O)[C@@H](NC(=O)[C@H](C)NC(=O)[C@H](Cc1c[nH]c2ccccc12)NC(=O)[C@H]([C@@H](CC(N)=O)NC(=O)CN1CCN(CC(=O)O)CCN(CC(=O)O)CCN(CC(=O)O)CC1)N(C(=O)CN)C(=O)c1ccc(N)cc1)C(C)C)C(N)=O. The minimum absolute atomic E-state index is 0.0323. The number of nitrogen functional groups attached to an aromatic ring is 1. The van der Waals surface area contributed by atoms with Crippen molar-refractivity contribution in [2.45, 2.75) is 101 Å². The van der Waals surface area contributed by atoms with E-state index in [2.05, 4.69) is 57.5 Å².